The van der Waals surface area contributed by atoms with Gasteiger partial charge in [0.2, 0.25) is 5.91 Å². The summed E-state index contributed by atoms with van der Waals surface area (Å²) >= 11 is 7.26. The van der Waals surface area contributed by atoms with Crippen molar-refractivity contribution in [3.05, 3.63) is 46.2 Å². The topological polar surface area (TPSA) is 54.9 Å². The van der Waals surface area contributed by atoms with Crippen LogP contribution in [0.15, 0.2) is 29.4 Å². The van der Waals surface area contributed by atoms with Gasteiger partial charge in [-0.2, -0.15) is 0 Å². The molecule has 114 valence electrons. The van der Waals surface area contributed by atoms with E-state index in [-0.39, 0.29) is 11.7 Å². The number of aryl methyl sites for hydroxylation is 2. The van der Waals surface area contributed by atoms with Crippen LogP contribution in [0.2, 0.25) is 5.02 Å². The summed E-state index contributed by atoms with van der Waals surface area (Å²) in [5, 5.41) is 4.10. The lowest BCUT2D eigenvalue weighted by Gasteiger charge is -2.07. The molecule has 1 aliphatic rings. The molecule has 0 saturated carbocycles. The quantitative estimate of drug-likeness (QED) is 0.685. The minimum atomic E-state index is -0.0889. The number of nitrogens with zero attached hydrogens (tertiary/aromatic N) is 2. The van der Waals surface area contributed by atoms with Crippen LogP contribution in [0, 0.1) is 6.92 Å². The van der Waals surface area contributed by atoms with Gasteiger partial charge in [0.25, 0.3) is 0 Å². The van der Waals surface area contributed by atoms with Crippen molar-refractivity contribution in [3.63, 3.8) is 0 Å². The highest BCUT2D eigenvalue weighted by molar-refractivity contribution is 7.99. The minimum absolute atomic E-state index is 0.0889. The highest BCUT2D eigenvalue weighted by Gasteiger charge is 2.17. The molecule has 1 aromatic carbocycles. The average molecular weight is 334 g/mol. The number of carbonyl (C=O) groups excluding carboxylic acids is 1. The van der Waals surface area contributed by atoms with Gasteiger partial charge in [-0.3, -0.25) is 4.79 Å². The Balaban J connectivity index is 1.60. The fraction of sp³-hybridized carbons (Fsp3) is 0.312. The van der Waals surface area contributed by atoms with E-state index in [0.29, 0.717) is 15.9 Å². The van der Waals surface area contributed by atoms with E-state index >= 15 is 0 Å². The first kappa shape index (κ1) is 15.3. The summed E-state index contributed by atoms with van der Waals surface area (Å²) in [6, 6.07) is 7.11. The molecule has 6 heteroatoms. The van der Waals surface area contributed by atoms with Crippen LogP contribution < -0.4 is 5.32 Å². The minimum Gasteiger partial charge on any atom is -0.325 e. The van der Waals surface area contributed by atoms with Crippen molar-refractivity contribution in [2.24, 2.45) is 0 Å². The number of hydrogen-bond donors (Lipinski definition) is 1. The summed E-state index contributed by atoms with van der Waals surface area (Å²) in [5.74, 6) is 0.194. The van der Waals surface area contributed by atoms with Crippen LogP contribution in [0.25, 0.3) is 0 Å². The van der Waals surface area contributed by atoms with Crippen molar-refractivity contribution in [3.8, 4) is 0 Å². The Morgan fingerprint density at radius 1 is 1.36 bits per heavy atom. The Bertz CT molecular complexity index is 721. The SMILES string of the molecule is Cc1nc(SCC(=O)Nc2cccc(Cl)c2)nc2c1CCC2. The zero-order valence-electron chi connectivity index (χ0n) is 12.2. The van der Waals surface area contributed by atoms with E-state index in [1.807, 2.05) is 13.0 Å². The molecule has 0 bridgehead atoms. The predicted octanol–water partition coefficient (Wildman–Crippen LogP) is 3.66. The first-order valence-corrected chi connectivity index (χ1v) is 8.53. The van der Waals surface area contributed by atoms with Gasteiger partial charge in [-0.05, 0) is 49.9 Å². The van der Waals surface area contributed by atoms with Crippen molar-refractivity contribution < 1.29 is 4.79 Å². The van der Waals surface area contributed by atoms with Crippen molar-refractivity contribution in [2.75, 3.05) is 11.1 Å². The molecular formula is C16H16ClN3OS. The number of nitrogens with one attached hydrogen (secondary N) is 1. The van der Waals surface area contributed by atoms with Gasteiger partial charge >= 0.3 is 0 Å². The van der Waals surface area contributed by atoms with Crippen molar-refractivity contribution in [2.45, 2.75) is 31.3 Å². The van der Waals surface area contributed by atoms with Crippen LogP contribution in [0.3, 0.4) is 0 Å². The summed E-state index contributed by atoms with van der Waals surface area (Å²) < 4.78 is 0. The molecule has 1 aromatic heterocycles. The number of hydrogen-bond acceptors (Lipinski definition) is 4. The molecule has 1 aliphatic carbocycles. The lowest BCUT2D eigenvalue weighted by atomic mass is 10.2. The van der Waals surface area contributed by atoms with Crippen LogP contribution >= 0.6 is 23.4 Å². The molecule has 3 rings (SSSR count). The Kier molecular flexibility index (Phi) is 4.64. The Labute approximate surface area is 138 Å². The van der Waals surface area contributed by atoms with E-state index in [1.165, 1.54) is 17.3 Å². The second-order valence-corrected chi connectivity index (χ2v) is 6.60. The first-order chi connectivity index (χ1) is 10.6. The Hall–Kier alpha value is -1.59. The number of anilines is 1. The molecule has 0 saturated heterocycles. The van der Waals surface area contributed by atoms with E-state index < -0.39 is 0 Å². The van der Waals surface area contributed by atoms with Crippen molar-refractivity contribution in [1.29, 1.82) is 0 Å². The molecule has 1 amide bonds. The fourth-order valence-electron chi connectivity index (χ4n) is 2.55. The van der Waals surface area contributed by atoms with Crippen molar-refractivity contribution >= 4 is 35.0 Å². The highest BCUT2D eigenvalue weighted by atomic mass is 35.5. The van der Waals surface area contributed by atoms with Gasteiger partial charge in [-0.15, -0.1) is 0 Å². The van der Waals surface area contributed by atoms with Gasteiger partial charge in [0.1, 0.15) is 0 Å². The van der Waals surface area contributed by atoms with Gasteiger partial charge in [0, 0.05) is 22.1 Å². The van der Waals surface area contributed by atoms with E-state index in [4.69, 9.17) is 11.6 Å². The molecule has 0 fully saturated rings. The standard InChI is InChI=1S/C16H16ClN3OS/c1-10-13-6-3-7-14(13)20-16(18-10)22-9-15(21)19-12-5-2-4-11(17)8-12/h2,4-5,8H,3,6-7,9H2,1H3,(H,19,21). The molecule has 4 nitrogen and oxygen atoms in total. The predicted molar refractivity (Wildman–Crippen MR) is 89.6 cm³/mol. The molecule has 0 radical (unpaired) electrons. The Morgan fingerprint density at radius 3 is 3.05 bits per heavy atom. The lowest BCUT2D eigenvalue weighted by molar-refractivity contribution is -0.113. The van der Waals surface area contributed by atoms with Crippen LogP contribution in [0.4, 0.5) is 5.69 Å². The number of amides is 1. The lowest BCUT2D eigenvalue weighted by Crippen LogP contribution is -2.14. The number of rotatable bonds is 4. The smallest absolute Gasteiger partial charge is 0.234 e. The number of benzene rings is 1. The fourth-order valence-corrected chi connectivity index (χ4v) is 3.45. The maximum Gasteiger partial charge on any atom is 0.234 e. The summed E-state index contributed by atoms with van der Waals surface area (Å²) in [5.41, 5.74) is 4.17. The van der Waals surface area contributed by atoms with Gasteiger partial charge in [0.15, 0.2) is 5.16 Å². The second kappa shape index (κ2) is 6.67. The molecule has 0 aliphatic heterocycles. The van der Waals surface area contributed by atoms with Crippen LogP contribution in [0.5, 0.6) is 0 Å². The van der Waals surface area contributed by atoms with Crippen molar-refractivity contribution in [1.82, 2.24) is 9.97 Å². The maximum absolute atomic E-state index is 12.0. The number of halogens is 1. The first-order valence-electron chi connectivity index (χ1n) is 7.16. The molecule has 1 heterocycles. The second-order valence-electron chi connectivity index (χ2n) is 5.22. The molecule has 2 aromatic rings. The van der Waals surface area contributed by atoms with E-state index in [1.54, 1.807) is 18.2 Å². The summed E-state index contributed by atoms with van der Waals surface area (Å²) in [4.78, 5) is 21.0. The summed E-state index contributed by atoms with van der Waals surface area (Å²) in [7, 11) is 0. The number of thioether (sulfide) groups is 1. The number of fused-ring (bicyclic) bond motifs is 1. The third-order valence-corrected chi connectivity index (χ3v) is 4.64. The monoisotopic (exact) mass is 333 g/mol. The summed E-state index contributed by atoms with van der Waals surface area (Å²) in [6.45, 7) is 2.02. The molecule has 0 spiro atoms. The zero-order chi connectivity index (χ0) is 15.5. The van der Waals surface area contributed by atoms with Gasteiger partial charge < -0.3 is 5.32 Å². The highest BCUT2D eigenvalue weighted by Crippen LogP contribution is 2.25. The molecule has 22 heavy (non-hydrogen) atoms. The number of carbonyl (C=O) groups is 1. The van der Waals surface area contributed by atoms with E-state index in [9.17, 15) is 4.79 Å². The largest absolute Gasteiger partial charge is 0.325 e. The molecule has 1 N–H and O–H groups in total. The summed E-state index contributed by atoms with van der Waals surface area (Å²) in [6.07, 6.45) is 3.23. The van der Waals surface area contributed by atoms with E-state index in [0.717, 1.165) is 30.7 Å². The molecule has 0 atom stereocenters. The third-order valence-electron chi connectivity index (χ3n) is 3.56. The average Bonchev–Trinajstić information content (AvgIpc) is 2.94. The Morgan fingerprint density at radius 2 is 2.23 bits per heavy atom. The maximum atomic E-state index is 12.0. The van der Waals surface area contributed by atoms with Gasteiger partial charge in [-0.25, -0.2) is 9.97 Å². The number of aromatic nitrogens is 2. The van der Waals surface area contributed by atoms with Gasteiger partial charge in [-0.1, -0.05) is 29.4 Å². The van der Waals surface area contributed by atoms with Crippen LogP contribution in [0.1, 0.15) is 23.4 Å². The normalized spacial score (nSPS) is 13.0. The van der Waals surface area contributed by atoms with Crippen LogP contribution in [-0.4, -0.2) is 21.6 Å². The third kappa shape index (κ3) is 3.59. The van der Waals surface area contributed by atoms with Crippen LogP contribution in [-0.2, 0) is 17.6 Å². The molecule has 0 unspecified atom stereocenters. The zero-order valence-corrected chi connectivity index (χ0v) is 13.8. The van der Waals surface area contributed by atoms with E-state index in [2.05, 4.69) is 15.3 Å². The van der Waals surface area contributed by atoms with Gasteiger partial charge in [0.05, 0.1) is 5.75 Å². The molecular weight excluding hydrogens is 318 g/mol.